The first kappa shape index (κ1) is 15.7. The largest absolute Gasteiger partial charge is 0.243 e. The van der Waals surface area contributed by atoms with Gasteiger partial charge in [0.1, 0.15) is 5.82 Å². The fraction of sp³-hybridized carbons (Fsp3) is 0.250. The molecule has 0 amide bonds. The molecule has 3 nitrogen and oxygen atoms in total. The Morgan fingerprint density at radius 2 is 1.71 bits per heavy atom. The first-order valence-electron chi connectivity index (χ1n) is 6.63. The molecule has 112 valence electrons. The van der Waals surface area contributed by atoms with E-state index in [1.165, 1.54) is 29.6 Å². The molecule has 0 aliphatic carbocycles. The molecule has 1 unspecified atom stereocenters. The number of aryl methyl sites for hydroxylation is 1. The molecule has 2 aromatic carbocycles. The molecule has 0 saturated heterocycles. The zero-order chi connectivity index (χ0) is 15.6. The lowest BCUT2D eigenvalue weighted by Gasteiger charge is -2.25. The fourth-order valence-electron chi connectivity index (χ4n) is 2.21. The van der Waals surface area contributed by atoms with E-state index in [9.17, 15) is 12.8 Å². The molecule has 0 aromatic heterocycles. The Balaban J connectivity index is 2.39. The van der Waals surface area contributed by atoms with Crippen LogP contribution < -0.4 is 0 Å². The Morgan fingerprint density at radius 1 is 1.10 bits per heavy atom. The molecule has 0 spiro atoms. The lowest BCUT2D eigenvalue weighted by Crippen LogP contribution is -2.30. The third kappa shape index (κ3) is 3.14. The van der Waals surface area contributed by atoms with E-state index in [4.69, 9.17) is 0 Å². The van der Waals surface area contributed by atoms with Crippen LogP contribution >= 0.6 is 0 Å². The van der Waals surface area contributed by atoms with Crippen LogP contribution in [0.1, 0.15) is 24.1 Å². The standard InChI is InChI=1S/C16H18FNO2S/c1-12-11-15(17)9-10-16(12)21(19,20)18(3)13(2)14-7-5-4-6-8-14/h4-11,13H,1-3H3. The highest BCUT2D eigenvalue weighted by atomic mass is 32.2. The summed E-state index contributed by atoms with van der Waals surface area (Å²) in [5, 5.41) is 0. The van der Waals surface area contributed by atoms with Crippen molar-refractivity contribution in [3.63, 3.8) is 0 Å². The average Bonchev–Trinajstić information content (AvgIpc) is 2.46. The van der Waals surface area contributed by atoms with E-state index in [0.29, 0.717) is 5.56 Å². The number of benzene rings is 2. The second-order valence-corrected chi connectivity index (χ2v) is 6.98. The molecule has 0 bridgehead atoms. The third-order valence-corrected chi connectivity index (χ3v) is 5.71. The van der Waals surface area contributed by atoms with Crippen molar-refractivity contribution >= 4 is 10.0 Å². The highest BCUT2D eigenvalue weighted by molar-refractivity contribution is 7.89. The van der Waals surface area contributed by atoms with Gasteiger partial charge in [0.25, 0.3) is 0 Å². The predicted molar refractivity (Wildman–Crippen MR) is 80.9 cm³/mol. The molecular weight excluding hydrogens is 289 g/mol. The van der Waals surface area contributed by atoms with Crippen LogP contribution in [0.3, 0.4) is 0 Å². The zero-order valence-electron chi connectivity index (χ0n) is 12.2. The molecule has 0 saturated carbocycles. The smallest absolute Gasteiger partial charge is 0.207 e. The minimum atomic E-state index is -3.67. The maximum absolute atomic E-state index is 13.2. The highest BCUT2D eigenvalue weighted by Crippen LogP contribution is 2.27. The van der Waals surface area contributed by atoms with Gasteiger partial charge in [0.15, 0.2) is 0 Å². The predicted octanol–water partition coefficient (Wildman–Crippen LogP) is 3.52. The summed E-state index contributed by atoms with van der Waals surface area (Å²) in [6.45, 7) is 3.42. The van der Waals surface area contributed by atoms with Crippen molar-refractivity contribution in [1.82, 2.24) is 4.31 Å². The molecule has 0 N–H and O–H groups in total. The summed E-state index contributed by atoms with van der Waals surface area (Å²) < 4.78 is 39.8. The van der Waals surface area contributed by atoms with E-state index in [2.05, 4.69) is 0 Å². The van der Waals surface area contributed by atoms with Crippen LogP contribution in [-0.4, -0.2) is 19.8 Å². The van der Waals surface area contributed by atoms with Crippen LogP contribution in [0.15, 0.2) is 53.4 Å². The third-order valence-electron chi connectivity index (χ3n) is 3.62. The Hall–Kier alpha value is -1.72. The monoisotopic (exact) mass is 307 g/mol. The van der Waals surface area contributed by atoms with Gasteiger partial charge in [-0.05, 0) is 43.2 Å². The Kier molecular flexibility index (Phi) is 4.44. The molecule has 5 heteroatoms. The summed E-state index contributed by atoms with van der Waals surface area (Å²) in [6, 6.07) is 12.8. The van der Waals surface area contributed by atoms with Crippen LogP contribution in [-0.2, 0) is 10.0 Å². The molecule has 2 aromatic rings. The van der Waals surface area contributed by atoms with E-state index in [0.717, 1.165) is 5.56 Å². The van der Waals surface area contributed by atoms with Crippen molar-refractivity contribution in [3.8, 4) is 0 Å². The van der Waals surface area contributed by atoms with Crippen molar-refractivity contribution in [2.45, 2.75) is 24.8 Å². The molecule has 0 heterocycles. The summed E-state index contributed by atoms with van der Waals surface area (Å²) in [7, 11) is -2.13. The molecule has 0 aliphatic heterocycles. The van der Waals surface area contributed by atoms with E-state index in [1.54, 1.807) is 6.92 Å². The van der Waals surface area contributed by atoms with Crippen molar-refractivity contribution < 1.29 is 12.8 Å². The van der Waals surface area contributed by atoms with E-state index >= 15 is 0 Å². The number of sulfonamides is 1. The van der Waals surface area contributed by atoms with Gasteiger partial charge in [0, 0.05) is 13.1 Å². The number of hydrogen-bond donors (Lipinski definition) is 0. The Labute approximate surface area is 125 Å². The van der Waals surface area contributed by atoms with Crippen molar-refractivity contribution in [2.75, 3.05) is 7.05 Å². The summed E-state index contributed by atoms with van der Waals surface area (Å²) in [5.41, 5.74) is 1.31. The molecule has 0 aliphatic rings. The minimum Gasteiger partial charge on any atom is -0.207 e. The van der Waals surface area contributed by atoms with Gasteiger partial charge in [-0.25, -0.2) is 12.8 Å². The van der Waals surface area contributed by atoms with E-state index < -0.39 is 15.8 Å². The van der Waals surface area contributed by atoms with Gasteiger partial charge in [-0.1, -0.05) is 30.3 Å². The van der Waals surface area contributed by atoms with E-state index in [-0.39, 0.29) is 10.9 Å². The summed E-state index contributed by atoms with van der Waals surface area (Å²) >= 11 is 0. The van der Waals surface area contributed by atoms with Crippen LogP contribution in [0.2, 0.25) is 0 Å². The van der Waals surface area contributed by atoms with Gasteiger partial charge in [0.2, 0.25) is 10.0 Å². The maximum atomic E-state index is 13.2. The lowest BCUT2D eigenvalue weighted by atomic mass is 10.1. The SMILES string of the molecule is Cc1cc(F)ccc1S(=O)(=O)N(C)C(C)c1ccccc1. The highest BCUT2D eigenvalue weighted by Gasteiger charge is 2.27. The number of nitrogens with zero attached hydrogens (tertiary/aromatic N) is 1. The summed E-state index contributed by atoms with van der Waals surface area (Å²) in [4.78, 5) is 0.134. The number of hydrogen-bond acceptors (Lipinski definition) is 2. The van der Waals surface area contributed by atoms with Gasteiger partial charge in [-0.3, -0.25) is 0 Å². The Bertz CT molecular complexity index is 729. The maximum Gasteiger partial charge on any atom is 0.243 e. The van der Waals surface area contributed by atoms with Crippen LogP contribution in [0.5, 0.6) is 0 Å². The zero-order valence-corrected chi connectivity index (χ0v) is 13.1. The summed E-state index contributed by atoms with van der Waals surface area (Å²) in [5.74, 6) is -0.440. The fourth-order valence-corrected chi connectivity index (χ4v) is 3.76. The second kappa shape index (κ2) is 5.95. The van der Waals surface area contributed by atoms with Gasteiger partial charge < -0.3 is 0 Å². The molecule has 21 heavy (non-hydrogen) atoms. The number of halogens is 1. The Morgan fingerprint density at radius 3 is 2.29 bits per heavy atom. The molecule has 2 rings (SSSR count). The van der Waals surface area contributed by atoms with Crippen molar-refractivity contribution in [3.05, 3.63) is 65.5 Å². The molecule has 0 radical (unpaired) electrons. The van der Waals surface area contributed by atoms with Crippen molar-refractivity contribution in [2.24, 2.45) is 0 Å². The molecular formula is C16H18FNO2S. The number of rotatable bonds is 4. The molecule has 1 atom stereocenters. The molecule has 0 fully saturated rings. The average molecular weight is 307 g/mol. The van der Waals surface area contributed by atoms with Gasteiger partial charge in [0.05, 0.1) is 4.90 Å². The van der Waals surface area contributed by atoms with Gasteiger partial charge >= 0.3 is 0 Å². The van der Waals surface area contributed by atoms with Crippen LogP contribution in [0.25, 0.3) is 0 Å². The first-order valence-corrected chi connectivity index (χ1v) is 8.07. The van der Waals surface area contributed by atoms with Crippen LogP contribution in [0, 0.1) is 12.7 Å². The van der Waals surface area contributed by atoms with E-state index in [1.807, 2.05) is 37.3 Å². The lowest BCUT2D eigenvalue weighted by molar-refractivity contribution is 0.398. The topological polar surface area (TPSA) is 37.4 Å². The van der Waals surface area contributed by atoms with Gasteiger partial charge in [-0.15, -0.1) is 0 Å². The van der Waals surface area contributed by atoms with Crippen molar-refractivity contribution in [1.29, 1.82) is 0 Å². The second-order valence-electron chi connectivity index (χ2n) is 5.02. The normalized spacial score (nSPS) is 13.4. The minimum absolute atomic E-state index is 0.134. The summed E-state index contributed by atoms with van der Waals surface area (Å²) in [6.07, 6.45) is 0. The van der Waals surface area contributed by atoms with Crippen LogP contribution in [0.4, 0.5) is 4.39 Å². The van der Waals surface area contributed by atoms with Gasteiger partial charge in [-0.2, -0.15) is 4.31 Å². The first-order chi connectivity index (χ1) is 9.84. The quantitative estimate of drug-likeness (QED) is 0.866.